The summed E-state index contributed by atoms with van der Waals surface area (Å²) in [6.45, 7) is 7.97. The van der Waals surface area contributed by atoms with Crippen LogP contribution in [0.3, 0.4) is 0 Å². The average molecular weight is 433 g/mol. The van der Waals surface area contributed by atoms with Crippen molar-refractivity contribution in [1.82, 2.24) is 9.80 Å². The zero-order valence-corrected chi connectivity index (χ0v) is 19.2. The quantitative estimate of drug-likeness (QED) is 0.728. The van der Waals surface area contributed by atoms with Crippen LogP contribution in [0.2, 0.25) is 0 Å². The maximum absolute atomic E-state index is 13.5. The number of piperidine rings is 2. The molecule has 5 rings (SSSR count). The molecular formula is C27H36N4O. The molecule has 0 aliphatic carbocycles. The maximum atomic E-state index is 13.5. The van der Waals surface area contributed by atoms with E-state index in [4.69, 9.17) is 0 Å². The summed E-state index contributed by atoms with van der Waals surface area (Å²) >= 11 is 0. The van der Waals surface area contributed by atoms with Crippen molar-refractivity contribution in [3.63, 3.8) is 0 Å². The first-order chi connectivity index (χ1) is 15.8. The summed E-state index contributed by atoms with van der Waals surface area (Å²) < 4.78 is 0. The fourth-order valence-electron chi connectivity index (χ4n) is 5.66. The molecule has 0 N–H and O–H groups in total. The van der Waals surface area contributed by atoms with Gasteiger partial charge < -0.3 is 19.6 Å². The highest BCUT2D eigenvalue weighted by molar-refractivity contribution is 6.00. The zero-order valence-electron chi connectivity index (χ0n) is 19.2. The molecule has 32 heavy (non-hydrogen) atoms. The molecule has 1 amide bonds. The fraction of sp³-hybridized carbons (Fsp3) is 0.519. The van der Waals surface area contributed by atoms with Gasteiger partial charge in [-0.15, -0.1) is 0 Å². The maximum Gasteiger partial charge on any atom is 0.256 e. The third kappa shape index (κ3) is 4.63. The zero-order chi connectivity index (χ0) is 21.8. The molecule has 5 nitrogen and oxygen atoms in total. The number of carbonyl (C=O) groups excluding carboxylic acids is 1. The Kier molecular flexibility index (Phi) is 6.63. The minimum Gasteiger partial charge on any atom is -0.371 e. The second-order valence-corrected chi connectivity index (χ2v) is 9.45. The number of anilines is 2. The molecule has 3 aliphatic heterocycles. The molecule has 5 heteroatoms. The molecule has 0 unspecified atom stereocenters. The van der Waals surface area contributed by atoms with E-state index in [1.165, 1.54) is 50.9 Å². The van der Waals surface area contributed by atoms with Crippen LogP contribution >= 0.6 is 0 Å². The first-order valence-electron chi connectivity index (χ1n) is 12.5. The number of likely N-dealkylation sites (tertiary alicyclic amines) is 1. The third-order valence-electron chi connectivity index (χ3n) is 7.53. The van der Waals surface area contributed by atoms with E-state index in [2.05, 4.69) is 57.2 Å². The molecule has 2 aromatic rings. The molecule has 0 atom stereocenters. The Morgan fingerprint density at radius 1 is 0.656 bits per heavy atom. The highest BCUT2D eigenvalue weighted by atomic mass is 16.2. The molecule has 0 radical (unpaired) electrons. The second-order valence-electron chi connectivity index (χ2n) is 9.45. The number of hydrogen-bond donors (Lipinski definition) is 0. The highest BCUT2D eigenvalue weighted by Crippen LogP contribution is 2.28. The number of amides is 1. The Morgan fingerprint density at radius 3 is 2.03 bits per heavy atom. The Balaban J connectivity index is 1.21. The lowest BCUT2D eigenvalue weighted by Crippen LogP contribution is -2.49. The number of carbonyl (C=O) groups is 1. The van der Waals surface area contributed by atoms with Crippen molar-refractivity contribution in [3.8, 4) is 0 Å². The van der Waals surface area contributed by atoms with Crippen molar-refractivity contribution in [2.75, 3.05) is 62.2 Å². The van der Waals surface area contributed by atoms with Crippen LogP contribution in [0.1, 0.15) is 42.5 Å². The molecule has 0 spiro atoms. The van der Waals surface area contributed by atoms with Crippen molar-refractivity contribution in [2.45, 2.75) is 38.1 Å². The smallest absolute Gasteiger partial charge is 0.256 e. The van der Waals surface area contributed by atoms with Crippen molar-refractivity contribution < 1.29 is 4.79 Å². The molecule has 0 aromatic heterocycles. The third-order valence-corrected chi connectivity index (χ3v) is 7.53. The van der Waals surface area contributed by atoms with Crippen molar-refractivity contribution in [3.05, 3.63) is 60.2 Å². The highest BCUT2D eigenvalue weighted by Gasteiger charge is 2.29. The van der Waals surface area contributed by atoms with Gasteiger partial charge in [0.1, 0.15) is 0 Å². The lowest BCUT2D eigenvalue weighted by atomic mass is 9.98. The van der Waals surface area contributed by atoms with E-state index in [9.17, 15) is 4.79 Å². The second kappa shape index (κ2) is 9.95. The van der Waals surface area contributed by atoms with E-state index in [-0.39, 0.29) is 5.91 Å². The number of hydrogen-bond acceptors (Lipinski definition) is 4. The molecule has 3 aliphatic rings. The minimum absolute atomic E-state index is 0.187. The topological polar surface area (TPSA) is 30.0 Å². The number of rotatable bonds is 4. The number of para-hydroxylation sites is 2. The monoisotopic (exact) mass is 432 g/mol. The van der Waals surface area contributed by atoms with Crippen LogP contribution in [0.25, 0.3) is 0 Å². The Morgan fingerprint density at radius 2 is 1.31 bits per heavy atom. The summed E-state index contributed by atoms with van der Waals surface area (Å²) in [6, 6.07) is 19.5. The summed E-state index contributed by atoms with van der Waals surface area (Å²) in [5, 5.41) is 0. The first-order valence-corrected chi connectivity index (χ1v) is 12.5. The van der Waals surface area contributed by atoms with Crippen LogP contribution in [0.5, 0.6) is 0 Å². The van der Waals surface area contributed by atoms with Gasteiger partial charge in [-0.05, 0) is 63.0 Å². The van der Waals surface area contributed by atoms with Crippen LogP contribution in [0, 0.1) is 0 Å². The molecule has 0 bridgehead atoms. The number of nitrogens with zero attached hydrogens (tertiary/aromatic N) is 4. The van der Waals surface area contributed by atoms with Gasteiger partial charge in [0, 0.05) is 56.7 Å². The largest absolute Gasteiger partial charge is 0.371 e. The first kappa shape index (κ1) is 21.3. The summed E-state index contributed by atoms with van der Waals surface area (Å²) in [5.41, 5.74) is 3.24. The van der Waals surface area contributed by atoms with Crippen LogP contribution in [0.4, 0.5) is 11.4 Å². The van der Waals surface area contributed by atoms with E-state index < -0.39 is 0 Å². The SMILES string of the molecule is O=C(c1ccccc1N1CCC(N2CCCCC2)CC1)N1CCN(c2ccccc2)CC1. The van der Waals surface area contributed by atoms with Crippen molar-refractivity contribution >= 4 is 17.3 Å². The normalized spacial score (nSPS) is 21.1. The standard InChI is InChI=1S/C27H36N4O/c32-27(31-21-19-29(20-22-31)23-9-3-1-4-10-23)25-11-5-6-12-26(25)30-17-13-24(14-18-30)28-15-7-2-8-16-28/h1,3-6,9-12,24H,2,7-8,13-22H2. The fourth-order valence-corrected chi connectivity index (χ4v) is 5.66. The van der Waals surface area contributed by atoms with Gasteiger partial charge >= 0.3 is 0 Å². The van der Waals surface area contributed by atoms with E-state index in [1.54, 1.807) is 0 Å². The summed E-state index contributed by atoms with van der Waals surface area (Å²) in [4.78, 5) is 23.1. The summed E-state index contributed by atoms with van der Waals surface area (Å²) in [5.74, 6) is 0.187. The Hall–Kier alpha value is -2.53. The number of benzene rings is 2. The van der Waals surface area contributed by atoms with Crippen LogP contribution in [-0.2, 0) is 0 Å². The molecule has 3 heterocycles. The molecule has 2 aromatic carbocycles. The van der Waals surface area contributed by atoms with Gasteiger partial charge in [0.25, 0.3) is 5.91 Å². The van der Waals surface area contributed by atoms with Gasteiger partial charge in [0.2, 0.25) is 0 Å². The predicted molar refractivity (Wildman–Crippen MR) is 132 cm³/mol. The van der Waals surface area contributed by atoms with Crippen LogP contribution in [-0.4, -0.2) is 74.1 Å². The lowest BCUT2D eigenvalue weighted by molar-refractivity contribution is 0.0747. The molecular weight excluding hydrogens is 396 g/mol. The van der Waals surface area contributed by atoms with Crippen LogP contribution < -0.4 is 9.80 Å². The summed E-state index contributed by atoms with van der Waals surface area (Å²) in [6.07, 6.45) is 6.52. The van der Waals surface area contributed by atoms with E-state index in [0.717, 1.165) is 56.6 Å². The summed E-state index contributed by atoms with van der Waals surface area (Å²) in [7, 11) is 0. The van der Waals surface area contributed by atoms with Gasteiger partial charge in [0.15, 0.2) is 0 Å². The van der Waals surface area contributed by atoms with Crippen LogP contribution in [0.15, 0.2) is 54.6 Å². The Bertz CT molecular complexity index is 880. The van der Waals surface area contributed by atoms with Gasteiger partial charge in [-0.1, -0.05) is 36.8 Å². The van der Waals surface area contributed by atoms with Crippen molar-refractivity contribution in [2.24, 2.45) is 0 Å². The van der Waals surface area contributed by atoms with Gasteiger partial charge in [-0.3, -0.25) is 4.79 Å². The van der Waals surface area contributed by atoms with Gasteiger partial charge in [-0.2, -0.15) is 0 Å². The minimum atomic E-state index is 0.187. The Labute approximate surface area is 192 Å². The van der Waals surface area contributed by atoms with E-state index in [0.29, 0.717) is 0 Å². The molecule has 170 valence electrons. The van der Waals surface area contributed by atoms with Crippen molar-refractivity contribution in [1.29, 1.82) is 0 Å². The lowest BCUT2D eigenvalue weighted by Gasteiger charge is -2.41. The van der Waals surface area contributed by atoms with Gasteiger partial charge in [0.05, 0.1) is 5.56 Å². The molecule has 0 saturated carbocycles. The average Bonchev–Trinajstić information content (AvgIpc) is 2.89. The predicted octanol–water partition coefficient (Wildman–Crippen LogP) is 4.10. The molecule has 3 saturated heterocycles. The molecule has 3 fully saturated rings. The van der Waals surface area contributed by atoms with E-state index >= 15 is 0 Å². The van der Waals surface area contributed by atoms with Gasteiger partial charge in [-0.25, -0.2) is 0 Å². The number of piperazine rings is 1. The van der Waals surface area contributed by atoms with E-state index in [1.807, 2.05) is 17.0 Å².